The molecule has 0 amide bonds. The molecule has 1 rings (SSSR count). The van der Waals surface area contributed by atoms with E-state index in [1.165, 1.54) is 0 Å². The average Bonchev–Trinajstić information content (AvgIpc) is 2.05. The Bertz CT molecular complexity index is 203. The van der Waals surface area contributed by atoms with Gasteiger partial charge in [0.2, 0.25) is 0 Å². The lowest BCUT2D eigenvalue weighted by Gasteiger charge is -2.11. The third-order valence-corrected chi connectivity index (χ3v) is 1.70. The average molecular weight is 152 g/mol. The first-order valence-corrected chi connectivity index (χ1v) is 3.91. The minimum Gasteiger partial charge on any atom is -0.242 e. The lowest BCUT2D eigenvalue weighted by Crippen LogP contribution is -1.99. The highest BCUT2D eigenvalue weighted by atomic mass is 19.1. The molecule has 0 aliphatic rings. The van der Waals surface area contributed by atoms with Crippen LogP contribution in [0.15, 0.2) is 30.3 Å². The Morgan fingerprint density at radius 3 is 2.09 bits per heavy atom. The summed E-state index contributed by atoms with van der Waals surface area (Å²) in [7, 11) is 0. The van der Waals surface area contributed by atoms with Gasteiger partial charge in [-0.05, 0) is 11.5 Å². The van der Waals surface area contributed by atoms with Crippen LogP contribution in [0, 0.1) is 5.92 Å². The highest BCUT2D eigenvalue weighted by Gasteiger charge is 2.12. The third kappa shape index (κ3) is 2.04. The summed E-state index contributed by atoms with van der Waals surface area (Å²) in [6.45, 7) is 3.77. The summed E-state index contributed by atoms with van der Waals surface area (Å²) in [5.74, 6) is 0.0670. The minimum absolute atomic E-state index is 0.0670. The second kappa shape index (κ2) is 3.51. The second-order valence-electron chi connectivity index (χ2n) is 3.06. The molecular weight excluding hydrogens is 139 g/mol. The summed E-state index contributed by atoms with van der Waals surface area (Å²) in [6, 6.07) is 9.28. The third-order valence-electron chi connectivity index (χ3n) is 1.70. The van der Waals surface area contributed by atoms with Gasteiger partial charge in [-0.1, -0.05) is 44.2 Å². The number of halogens is 1. The van der Waals surface area contributed by atoms with E-state index in [9.17, 15) is 4.39 Å². The molecule has 0 aliphatic heterocycles. The van der Waals surface area contributed by atoms with Crippen LogP contribution in [0.5, 0.6) is 0 Å². The summed E-state index contributed by atoms with van der Waals surface area (Å²) in [4.78, 5) is 0. The molecule has 0 saturated heterocycles. The molecule has 0 saturated carbocycles. The smallest absolute Gasteiger partial charge is 0.127 e. The van der Waals surface area contributed by atoms with E-state index in [2.05, 4.69) is 0 Å². The molecule has 0 N–H and O–H groups in total. The fraction of sp³-hybridized carbons (Fsp3) is 0.400. The van der Waals surface area contributed by atoms with E-state index in [1.54, 1.807) is 0 Å². The topological polar surface area (TPSA) is 0 Å². The zero-order valence-corrected chi connectivity index (χ0v) is 6.92. The molecule has 11 heavy (non-hydrogen) atoms. The molecular formula is C10H13F. The molecule has 1 aromatic carbocycles. The molecule has 1 aromatic rings. The van der Waals surface area contributed by atoms with Crippen LogP contribution in [0.4, 0.5) is 4.39 Å². The maximum absolute atomic E-state index is 13.3. The van der Waals surface area contributed by atoms with Crippen LogP contribution in [-0.2, 0) is 0 Å². The van der Waals surface area contributed by atoms with E-state index in [4.69, 9.17) is 0 Å². The van der Waals surface area contributed by atoms with Crippen LogP contribution >= 0.6 is 0 Å². The van der Waals surface area contributed by atoms with Crippen molar-refractivity contribution in [1.29, 1.82) is 0 Å². The summed E-state index contributed by atoms with van der Waals surface area (Å²) in [5.41, 5.74) is 0.780. The van der Waals surface area contributed by atoms with Crippen LogP contribution in [0.25, 0.3) is 0 Å². The maximum Gasteiger partial charge on any atom is 0.127 e. The molecule has 0 fully saturated rings. The first-order valence-electron chi connectivity index (χ1n) is 3.91. The number of hydrogen-bond acceptors (Lipinski definition) is 0. The number of rotatable bonds is 2. The molecule has 0 aromatic heterocycles. The Morgan fingerprint density at radius 2 is 1.64 bits per heavy atom. The largest absolute Gasteiger partial charge is 0.242 e. The van der Waals surface area contributed by atoms with Gasteiger partial charge in [0.1, 0.15) is 6.17 Å². The van der Waals surface area contributed by atoms with Crippen LogP contribution < -0.4 is 0 Å². The maximum atomic E-state index is 13.3. The van der Waals surface area contributed by atoms with E-state index < -0.39 is 6.17 Å². The predicted octanol–water partition coefficient (Wildman–Crippen LogP) is 3.35. The lowest BCUT2D eigenvalue weighted by molar-refractivity contribution is 0.262. The van der Waals surface area contributed by atoms with Crippen molar-refractivity contribution in [3.05, 3.63) is 35.9 Å². The zero-order chi connectivity index (χ0) is 8.27. The molecule has 0 bridgehead atoms. The first kappa shape index (κ1) is 8.25. The Hall–Kier alpha value is -0.850. The molecule has 1 heteroatoms. The summed E-state index contributed by atoms with van der Waals surface area (Å²) in [5, 5.41) is 0. The van der Waals surface area contributed by atoms with Gasteiger partial charge in [0.15, 0.2) is 0 Å². The van der Waals surface area contributed by atoms with Crippen LogP contribution in [-0.4, -0.2) is 0 Å². The van der Waals surface area contributed by atoms with Gasteiger partial charge in [-0.25, -0.2) is 4.39 Å². The molecule has 60 valence electrons. The Morgan fingerprint density at radius 1 is 1.09 bits per heavy atom. The normalized spacial score (nSPS) is 13.5. The van der Waals surface area contributed by atoms with Crippen molar-refractivity contribution in [2.75, 3.05) is 0 Å². The quantitative estimate of drug-likeness (QED) is 0.609. The van der Waals surface area contributed by atoms with Gasteiger partial charge in [0, 0.05) is 0 Å². The van der Waals surface area contributed by atoms with E-state index in [0.29, 0.717) is 0 Å². The Kier molecular flexibility index (Phi) is 2.64. The van der Waals surface area contributed by atoms with Crippen LogP contribution in [0.2, 0.25) is 0 Å². The Labute approximate surface area is 67.1 Å². The highest BCUT2D eigenvalue weighted by Crippen LogP contribution is 2.24. The lowest BCUT2D eigenvalue weighted by atomic mass is 10.0. The highest BCUT2D eigenvalue weighted by molar-refractivity contribution is 5.17. The molecule has 1 atom stereocenters. The standard InChI is InChI=1S/C10H13F/c1-8(2)10(11)9-6-4-3-5-7-9/h3-8,10H,1-2H3. The van der Waals surface area contributed by atoms with Gasteiger partial charge in [-0.3, -0.25) is 0 Å². The van der Waals surface area contributed by atoms with Gasteiger partial charge >= 0.3 is 0 Å². The van der Waals surface area contributed by atoms with Crippen molar-refractivity contribution >= 4 is 0 Å². The molecule has 1 unspecified atom stereocenters. The van der Waals surface area contributed by atoms with Crippen molar-refractivity contribution < 1.29 is 4.39 Å². The van der Waals surface area contributed by atoms with Crippen LogP contribution in [0.1, 0.15) is 25.6 Å². The van der Waals surface area contributed by atoms with Crippen LogP contribution in [0.3, 0.4) is 0 Å². The zero-order valence-electron chi connectivity index (χ0n) is 6.92. The van der Waals surface area contributed by atoms with E-state index in [1.807, 2.05) is 44.2 Å². The van der Waals surface area contributed by atoms with Crippen molar-refractivity contribution in [2.24, 2.45) is 5.92 Å². The number of alkyl halides is 1. The Balaban J connectivity index is 2.77. The molecule has 0 nitrogen and oxygen atoms in total. The van der Waals surface area contributed by atoms with Crippen molar-refractivity contribution in [3.63, 3.8) is 0 Å². The van der Waals surface area contributed by atoms with Crippen molar-refractivity contribution in [1.82, 2.24) is 0 Å². The molecule has 0 spiro atoms. The van der Waals surface area contributed by atoms with E-state index >= 15 is 0 Å². The van der Waals surface area contributed by atoms with Crippen molar-refractivity contribution in [3.8, 4) is 0 Å². The number of benzene rings is 1. The van der Waals surface area contributed by atoms with E-state index in [-0.39, 0.29) is 5.92 Å². The molecule has 0 aliphatic carbocycles. The van der Waals surface area contributed by atoms with Gasteiger partial charge in [-0.15, -0.1) is 0 Å². The van der Waals surface area contributed by atoms with Gasteiger partial charge in [0.25, 0.3) is 0 Å². The summed E-state index contributed by atoms with van der Waals surface area (Å²) < 4.78 is 13.3. The van der Waals surface area contributed by atoms with E-state index in [0.717, 1.165) is 5.56 Å². The first-order chi connectivity index (χ1) is 5.22. The number of hydrogen-bond donors (Lipinski definition) is 0. The van der Waals surface area contributed by atoms with Gasteiger partial charge in [0.05, 0.1) is 0 Å². The summed E-state index contributed by atoms with van der Waals surface area (Å²) in [6.07, 6.45) is -0.823. The monoisotopic (exact) mass is 152 g/mol. The van der Waals surface area contributed by atoms with Crippen molar-refractivity contribution in [2.45, 2.75) is 20.0 Å². The second-order valence-corrected chi connectivity index (χ2v) is 3.06. The van der Waals surface area contributed by atoms with Gasteiger partial charge in [-0.2, -0.15) is 0 Å². The summed E-state index contributed by atoms with van der Waals surface area (Å²) >= 11 is 0. The fourth-order valence-electron chi connectivity index (χ4n) is 1.02. The SMILES string of the molecule is CC(C)C(F)c1ccccc1. The van der Waals surface area contributed by atoms with Gasteiger partial charge < -0.3 is 0 Å². The fourth-order valence-corrected chi connectivity index (χ4v) is 1.02. The molecule has 0 radical (unpaired) electrons. The predicted molar refractivity (Wildman–Crippen MR) is 45.1 cm³/mol. The minimum atomic E-state index is -0.823. The molecule has 0 heterocycles.